The summed E-state index contributed by atoms with van der Waals surface area (Å²) in [5, 5.41) is 1.54. The zero-order valence-corrected chi connectivity index (χ0v) is 12.4. The van der Waals surface area contributed by atoms with Crippen LogP contribution in [0.1, 0.15) is 9.67 Å². The third-order valence-corrected chi connectivity index (χ3v) is 4.82. The van der Waals surface area contributed by atoms with Gasteiger partial charge in [0.25, 0.3) is 10.0 Å². The summed E-state index contributed by atoms with van der Waals surface area (Å²) in [4.78, 5) is 11.4. The Morgan fingerprint density at radius 3 is 2.71 bits per heavy atom. The molecule has 21 heavy (non-hydrogen) atoms. The second kappa shape index (κ2) is 5.70. The first kappa shape index (κ1) is 15.3. The topological polar surface area (TPSA) is 98.5 Å². The van der Waals surface area contributed by atoms with E-state index < -0.39 is 21.8 Å². The summed E-state index contributed by atoms with van der Waals surface area (Å²) in [5.74, 6) is -1.36. The maximum Gasteiger partial charge on any atom is 0.350 e. The maximum atomic E-state index is 13.1. The minimum absolute atomic E-state index is 0.0924. The number of methoxy groups -OCH3 is 1. The highest BCUT2D eigenvalue weighted by Crippen LogP contribution is 2.26. The number of hydrogen-bond donors (Lipinski definition) is 2. The molecule has 9 heteroatoms. The van der Waals surface area contributed by atoms with Crippen molar-refractivity contribution in [2.45, 2.75) is 4.90 Å². The van der Waals surface area contributed by atoms with Crippen molar-refractivity contribution in [3.63, 3.8) is 0 Å². The first-order valence-electron chi connectivity index (χ1n) is 5.59. The van der Waals surface area contributed by atoms with Gasteiger partial charge in [0.05, 0.1) is 23.4 Å². The third-order valence-electron chi connectivity index (χ3n) is 2.56. The van der Waals surface area contributed by atoms with Gasteiger partial charge >= 0.3 is 5.97 Å². The van der Waals surface area contributed by atoms with Crippen molar-refractivity contribution >= 4 is 38.7 Å². The van der Waals surface area contributed by atoms with Crippen molar-refractivity contribution in [1.29, 1.82) is 0 Å². The molecule has 6 nitrogen and oxygen atoms in total. The van der Waals surface area contributed by atoms with Gasteiger partial charge in [-0.1, -0.05) is 0 Å². The number of ether oxygens (including phenoxy) is 1. The molecule has 0 radical (unpaired) electrons. The number of esters is 1. The predicted molar refractivity (Wildman–Crippen MR) is 77.3 cm³/mol. The van der Waals surface area contributed by atoms with E-state index >= 15 is 0 Å². The molecule has 0 aliphatic carbocycles. The quantitative estimate of drug-likeness (QED) is 0.660. The molecule has 0 saturated carbocycles. The van der Waals surface area contributed by atoms with E-state index in [-0.39, 0.29) is 21.1 Å². The van der Waals surface area contributed by atoms with Gasteiger partial charge in [0.2, 0.25) is 0 Å². The minimum Gasteiger partial charge on any atom is -0.465 e. The van der Waals surface area contributed by atoms with Gasteiger partial charge in [0.1, 0.15) is 10.7 Å². The van der Waals surface area contributed by atoms with Gasteiger partial charge < -0.3 is 10.5 Å². The molecule has 1 aromatic heterocycles. The van der Waals surface area contributed by atoms with Crippen LogP contribution in [-0.4, -0.2) is 21.5 Å². The Morgan fingerprint density at radius 2 is 2.10 bits per heavy atom. The zero-order valence-electron chi connectivity index (χ0n) is 10.8. The van der Waals surface area contributed by atoms with E-state index in [1.54, 1.807) is 5.38 Å². The Hall–Kier alpha value is -2.13. The molecule has 0 bridgehead atoms. The summed E-state index contributed by atoms with van der Waals surface area (Å²) in [6.07, 6.45) is 0. The molecule has 0 saturated heterocycles. The van der Waals surface area contributed by atoms with Crippen molar-refractivity contribution in [2.75, 3.05) is 17.6 Å². The molecule has 2 aromatic rings. The molecular weight excluding hydrogens is 319 g/mol. The molecule has 3 N–H and O–H groups in total. The lowest BCUT2D eigenvalue weighted by molar-refractivity contribution is 0.0607. The molecular formula is C12H11FN2O4S2. The van der Waals surface area contributed by atoms with E-state index in [1.807, 2.05) is 0 Å². The van der Waals surface area contributed by atoms with Crippen molar-refractivity contribution in [3.8, 4) is 0 Å². The number of nitrogens with two attached hydrogens (primary N) is 1. The first-order chi connectivity index (χ1) is 9.85. The van der Waals surface area contributed by atoms with E-state index in [0.717, 1.165) is 29.5 Å². The fraction of sp³-hybridized carbons (Fsp3) is 0.0833. The van der Waals surface area contributed by atoms with E-state index in [2.05, 4.69) is 9.46 Å². The molecule has 0 spiro atoms. The van der Waals surface area contributed by atoms with Gasteiger partial charge in [-0.2, -0.15) is 0 Å². The summed E-state index contributed by atoms with van der Waals surface area (Å²) in [5.41, 5.74) is 5.16. The molecule has 1 heterocycles. The summed E-state index contributed by atoms with van der Waals surface area (Å²) in [6.45, 7) is 0. The fourth-order valence-electron chi connectivity index (χ4n) is 1.53. The van der Waals surface area contributed by atoms with Crippen LogP contribution in [0.5, 0.6) is 0 Å². The van der Waals surface area contributed by atoms with E-state index in [1.165, 1.54) is 13.2 Å². The van der Waals surface area contributed by atoms with Gasteiger partial charge in [-0.25, -0.2) is 17.6 Å². The SMILES string of the molecule is COC(=O)c1sccc1NS(=O)(=O)c1ccc(F)c(N)c1. The standard InChI is InChI=1S/C12H11FN2O4S2/c1-19-12(16)11-10(4-5-20-11)15-21(17,18)7-2-3-8(13)9(14)6-7/h2-6,15H,14H2,1H3. The second-order valence-corrected chi connectivity index (χ2v) is 6.54. The molecule has 2 rings (SSSR count). The van der Waals surface area contributed by atoms with Crippen LogP contribution in [-0.2, 0) is 14.8 Å². The smallest absolute Gasteiger partial charge is 0.350 e. The molecule has 0 aliphatic rings. The van der Waals surface area contributed by atoms with Crippen LogP contribution < -0.4 is 10.5 Å². The van der Waals surface area contributed by atoms with Gasteiger partial charge in [-0.05, 0) is 29.6 Å². The minimum atomic E-state index is -3.98. The molecule has 0 aliphatic heterocycles. The van der Waals surface area contributed by atoms with Crippen LogP contribution in [0.2, 0.25) is 0 Å². The molecule has 0 amide bonds. The molecule has 0 unspecified atom stereocenters. The number of nitrogen functional groups attached to an aromatic ring is 1. The first-order valence-corrected chi connectivity index (χ1v) is 7.95. The van der Waals surface area contributed by atoms with Crippen LogP contribution in [0.15, 0.2) is 34.5 Å². The highest BCUT2D eigenvalue weighted by atomic mass is 32.2. The number of thiophene rings is 1. The van der Waals surface area contributed by atoms with E-state index in [0.29, 0.717) is 0 Å². The zero-order chi connectivity index (χ0) is 15.6. The highest BCUT2D eigenvalue weighted by molar-refractivity contribution is 7.92. The Kier molecular flexibility index (Phi) is 4.14. The summed E-state index contributed by atoms with van der Waals surface area (Å²) in [7, 11) is -2.79. The molecule has 1 aromatic carbocycles. The fourth-order valence-corrected chi connectivity index (χ4v) is 3.47. The average molecular weight is 330 g/mol. The monoisotopic (exact) mass is 330 g/mol. The van der Waals surface area contributed by atoms with Crippen LogP contribution in [0, 0.1) is 5.82 Å². The predicted octanol–water partition coefficient (Wildman–Crippen LogP) is 2.06. The van der Waals surface area contributed by atoms with Crippen molar-refractivity contribution < 1.29 is 22.3 Å². The van der Waals surface area contributed by atoms with Gasteiger partial charge in [-0.3, -0.25) is 4.72 Å². The van der Waals surface area contributed by atoms with Crippen LogP contribution in [0.4, 0.5) is 15.8 Å². The summed E-state index contributed by atoms with van der Waals surface area (Å²) >= 11 is 1.04. The lowest BCUT2D eigenvalue weighted by atomic mass is 10.3. The van der Waals surface area contributed by atoms with Crippen LogP contribution in [0.3, 0.4) is 0 Å². The Morgan fingerprint density at radius 1 is 1.38 bits per heavy atom. The van der Waals surface area contributed by atoms with Gasteiger partial charge in [0, 0.05) is 0 Å². The Balaban J connectivity index is 2.36. The van der Waals surface area contributed by atoms with Gasteiger partial charge in [-0.15, -0.1) is 11.3 Å². The number of carbonyl (C=O) groups is 1. The van der Waals surface area contributed by atoms with Crippen molar-refractivity contribution in [3.05, 3.63) is 40.3 Å². The highest BCUT2D eigenvalue weighted by Gasteiger charge is 2.21. The van der Waals surface area contributed by atoms with E-state index in [4.69, 9.17) is 5.73 Å². The number of anilines is 2. The lowest BCUT2D eigenvalue weighted by Crippen LogP contribution is -2.15. The number of halogens is 1. The largest absolute Gasteiger partial charge is 0.465 e. The molecule has 112 valence electrons. The average Bonchev–Trinajstić information content (AvgIpc) is 2.88. The van der Waals surface area contributed by atoms with E-state index in [9.17, 15) is 17.6 Å². The number of carbonyl (C=O) groups excluding carboxylic acids is 1. The molecule has 0 atom stereocenters. The second-order valence-electron chi connectivity index (χ2n) is 3.94. The van der Waals surface area contributed by atoms with Crippen LogP contribution >= 0.6 is 11.3 Å². The summed E-state index contributed by atoms with van der Waals surface area (Å²) < 4.78 is 44.3. The number of hydrogen-bond acceptors (Lipinski definition) is 6. The van der Waals surface area contributed by atoms with Crippen molar-refractivity contribution in [2.24, 2.45) is 0 Å². The molecule has 0 fully saturated rings. The number of nitrogens with one attached hydrogen (secondary N) is 1. The normalized spacial score (nSPS) is 11.1. The lowest BCUT2D eigenvalue weighted by Gasteiger charge is -2.09. The Bertz CT molecular complexity index is 786. The maximum absolute atomic E-state index is 13.1. The van der Waals surface area contributed by atoms with Crippen LogP contribution in [0.25, 0.3) is 0 Å². The Labute approximate surface area is 124 Å². The number of sulfonamides is 1. The number of benzene rings is 1. The number of rotatable bonds is 4. The summed E-state index contributed by atoms with van der Waals surface area (Å²) in [6, 6.07) is 4.47. The third kappa shape index (κ3) is 3.14. The van der Waals surface area contributed by atoms with Gasteiger partial charge in [0.15, 0.2) is 0 Å². The van der Waals surface area contributed by atoms with Crippen molar-refractivity contribution in [1.82, 2.24) is 0 Å².